The maximum atomic E-state index is 12.6. The van der Waals surface area contributed by atoms with E-state index in [2.05, 4.69) is 0 Å². The van der Waals surface area contributed by atoms with Gasteiger partial charge in [0.2, 0.25) is 10.0 Å². The molecule has 0 radical (unpaired) electrons. The van der Waals surface area contributed by atoms with Crippen molar-refractivity contribution < 1.29 is 22.7 Å². The number of nitrogens with two attached hydrogens (primary N) is 1. The summed E-state index contributed by atoms with van der Waals surface area (Å²) < 4.78 is 31.5. The molecule has 0 aliphatic carbocycles. The quantitative estimate of drug-likeness (QED) is 0.728. The fraction of sp³-hybridized carbons (Fsp3) is 0.529. The number of carbonyl (C=O) groups is 2. The number of piperidine rings is 1. The molecule has 0 aromatic heterocycles. The Labute approximate surface area is 148 Å². The zero-order valence-corrected chi connectivity index (χ0v) is 15.1. The molecule has 1 aromatic rings. The number of nitrogens with zero attached hydrogens (tertiary/aromatic N) is 1. The molecule has 1 aliphatic rings. The van der Waals surface area contributed by atoms with Crippen LogP contribution in [-0.2, 0) is 30.8 Å². The largest absolute Gasteiger partial charge is 0.453 e. The summed E-state index contributed by atoms with van der Waals surface area (Å²) in [7, 11) is -3.45. The third-order valence-electron chi connectivity index (χ3n) is 4.20. The van der Waals surface area contributed by atoms with E-state index in [4.69, 9.17) is 10.5 Å². The van der Waals surface area contributed by atoms with E-state index < -0.39 is 28.0 Å². The maximum absolute atomic E-state index is 12.6. The maximum Gasteiger partial charge on any atom is 0.306 e. The van der Waals surface area contributed by atoms with Gasteiger partial charge in [-0.3, -0.25) is 9.59 Å². The first-order valence-electron chi connectivity index (χ1n) is 8.38. The lowest BCUT2D eigenvalue weighted by molar-refractivity contribution is -0.153. The van der Waals surface area contributed by atoms with Crippen molar-refractivity contribution in [2.45, 2.75) is 50.0 Å². The second-order valence-electron chi connectivity index (χ2n) is 6.14. The molecule has 1 aliphatic heterocycles. The first-order valence-corrected chi connectivity index (χ1v) is 9.82. The molecule has 1 saturated heterocycles. The van der Waals surface area contributed by atoms with Crippen LogP contribution in [0.5, 0.6) is 0 Å². The van der Waals surface area contributed by atoms with E-state index in [1.165, 1.54) is 11.2 Å². The van der Waals surface area contributed by atoms with Crippen molar-refractivity contribution >= 4 is 21.9 Å². The molecule has 2 rings (SSSR count). The number of sulfonamides is 1. The number of carbonyl (C=O) groups excluding carboxylic acids is 2. The molecule has 138 valence electrons. The molecule has 0 saturated carbocycles. The zero-order valence-electron chi connectivity index (χ0n) is 14.3. The zero-order chi connectivity index (χ0) is 18.4. The van der Waals surface area contributed by atoms with Gasteiger partial charge >= 0.3 is 5.97 Å². The van der Waals surface area contributed by atoms with Gasteiger partial charge in [0, 0.05) is 19.5 Å². The molecular formula is C17H24N2O5S. The average molecular weight is 368 g/mol. The summed E-state index contributed by atoms with van der Waals surface area (Å²) in [6.07, 6.45) is 2.39. The van der Waals surface area contributed by atoms with Gasteiger partial charge in [0.25, 0.3) is 5.91 Å². The summed E-state index contributed by atoms with van der Waals surface area (Å²) >= 11 is 0. The monoisotopic (exact) mass is 368 g/mol. The van der Waals surface area contributed by atoms with E-state index in [1.54, 1.807) is 24.3 Å². The van der Waals surface area contributed by atoms with Crippen molar-refractivity contribution in [3.8, 4) is 0 Å². The highest BCUT2D eigenvalue weighted by molar-refractivity contribution is 7.89. The van der Waals surface area contributed by atoms with Crippen molar-refractivity contribution in [3.63, 3.8) is 0 Å². The Hall–Kier alpha value is -1.93. The molecule has 1 amide bonds. The molecule has 2 N–H and O–H groups in total. The Kier molecular flexibility index (Phi) is 6.55. The fourth-order valence-corrected chi connectivity index (χ4v) is 4.16. The highest BCUT2D eigenvalue weighted by Crippen LogP contribution is 2.21. The van der Waals surface area contributed by atoms with Crippen molar-refractivity contribution in [3.05, 3.63) is 29.8 Å². The van der Waals surface area contributed by atoms with Gasteiger partial charge in [-0.25, -0.2) is 8.42 Å². The molecule has 1 aromatic carbocycles. The Bertz CT molecular complexity index is 709. The SMILES string of the molecule is C[C@H](OC(=O)CCc1ccc(S(=O)(=O)N2CCCCC2)cc1)C(N)=O. The molecule has 0 unspecified atom stereocenters. The number of esters is 1. The van der Waals surface area contributed by atoms with Crippen LogP contribution in [0.15, 0.2) is 29.2 Å². The van der Waals surface area contributed by atoms with Crippen LogP contribution in [-0.4, -0.2) is 43.8 Å². The standard InChI is InChI=1S/C17H24N2O5S/c1-13(17(18)21)24-16(20)10-7-14-5-8-15(9-6-14)25(22,23)19-11-3-2-4-12-19/h5-6,8-9,13H,2-4,7,10-12H2,1H3,(H2,18,21)/t13-/m0/s1. The van der Waals surface area contributed by atoms with E-state index in [0.717, 1.165) is 24.8 Å². The van der Waals surface area contributed by atoms with Crippen LogP contribution in [0.1, 0.15) is 38.2 Å². The van der Waals surface area contributed by atoms with Gasteiger partial charge in [0.1, 0.15) is 0 Å². The van der Waals surface area contributed by atoms with Gasteiger partial charge in [0.05, 0.1) is 4.90 Å². The molecule has 25 heavy (non-hydrogen) atoms. The molecule has 0 bridgehead atoms. The summed E-state index contributed by atoms with van der Waals surface area (Å²) in [4.78, 5) is 22.8. The molecule has 1 fully saturated rings. The van der Waals surface area contributed by atoms with Crippen molar-refractivity contribution in [1.29, 1.82) is 0 Å². The molecule has 8 heteroatoms. The number of hydrogen-bond acceptors (Lipinski definition) is 5. The summed E-state index contributed by atoms with van der Waals surface area (Å²) in [5.74, 6) is -1.21. The van der Waals surface area contributed by atoms with E-state index >= 15 is 0 Å². The van der Waals surface area contributed by atoms with E-state index in [9.17, 15) is 18.0 Å². The molecule has 0 spiro atoms. The minimum atomic E-state index is -3.45. The van der Waals surface area contributed by atoms with Gasteiger partial charge < -0.3 is 10.5 Å². The lowest BCUT2D eigenvalue weighted by Crippen LogP contribution is -2.35. The van der Waals surface area contributed by atoms with E-state index in [1.807, 2.05) is 0 Å². The van der Waals surface area contributed by atoms with Crippen LogP contribution in [0.3, 0.4) is 0 Å². The van der Waals surface area contributed by atoms with Gasteiger partial charge in [-0.2, -0.15) is 4.31 Å². The van der Waals surface area contributed by atoms with Crippen molar-refractivity contribution in [2.75, 3.05) is 13.1 Å². The Morgan fingerprint density at radius 3 is 2.32 bits per heavy atom. The third kappa shape index (κ3) is 5.27. The minimum Gasteiger partial charge on any atom is -0.453 e. The van der Waals surface area contributed by atoms with Crippen LogP contribution >= 0.6 is 0 Å². The molecule has 7 nitrogen and oxygen atoms in total. The predicted octanol–water partition coefficient (Wildman–Crippen LogP) is 1.21. The van der Waals surface area contributed by atoms with E-state index in [-0.39, 0.29) is 11.3 Å². The number of ether oxygens (including phenoxy) is 1. The second kappa shape index (κ2) is 8.44. The summed E-state index contributed by atoms with van der Waals surface area (Å²) in [6.45, 7) is 2.54. The highest BCUT2D eigenvalue weighted by atomic mass is 32.2. The van der Waals surface area contributed by atoms with Crippen LogP contribution in [0.2, 0.25) is 0 Å². The number of benzene rings is 1. The molecular weight excluding hydrogens is 344 g/mol. The van der Waals surface area contributed by atoms with E-state index in [0.29, 0.717) is 19.5 Å². The van der Waals surface area contributed by atoms with Crippen LogP contribution in [0.4, 0.5) is 0 Å². The Balaban J connectivity index is 1.93. The number of rotatable bonds is 7. The molecule has 1 atom stereocenters. The highest BCUT2D eigenvalue weighted by Gasteiger charge is 2.25. The topological polar surface area (TPSA) is 107 Å². The minimum absolute atomic E-state index is 0.0931. The van der Waals surface area contributed by atoms with Gasteiger partial charge in [-0.1, -0.05) is 18.6 Å². The van der Waals surface area contributed by atoms with Crippen LogP contribution in [0.25, 0.3) is 0 Å². The summed E-state index contributed by atoms with van der Waals surface area (Å²) in [5, 5.41) is 0. The lowest BCUT2D eigenvalue weighted by Gasteiger charge is -2.25. The normalized spacial score (nSPS) is 17.0. The Morgan fingerprint density at radius 2 is 1.76 bits per heavy atom. The first kappa shape index (κ1) is 19.4. The predicted molar refractivity (Wildman–Crippen MR) is 92.1 cm³/mol. The number of amides is 1. The molecule has 1 heterocycles. The fourth-order valence-electron chi connectivity index (χ4n) is 2.64. The number of primary amides is 1. The van der Waals surface area contributed by atoms with Crippen molar-refractivity contribution in [1.82, 2.24) is 4.31 Å². The lowest BCUT2D eigenvalue weighted by atomic mass is 10.1. The third-order valence-corrected chi connectivity index (χ3v) is 6.12. The van der Waals surface area contributed by atoms with Gasteiger partial charge in [-0.15, -0.1) is 0 Å². The summed E-state index contributed by atoms with van der Waals surface area (Å²) in [5.41, 5.74) is 5.85. The Morgan fingerprint density at radius 1 is 1.16 bits per heavy atom. The van der Waals surface area contributed by atoms with Gasteiger partial charge in [0.15, 0.2) is 6.10 Å². The smallest absolute Gasteiger partial charge is 0.306 e. The second-order valence-corrected chi connectivity index (χ2v) is 8.08. The number of hydrogen-bond donors (Lipinski definition) is 1. The summed E-state index contributed by atoms with van der Waals surface area (Å²) in [6, 6.07) is 6.52. The van der Waals surface area contributed by atoms with Gasteiger partial charge in [-0.05, 0) is 43.9 Å². The number of aryl methyl sites for hydroxylation is 1. The van der Waals surface area contributed by atoms with Crippen LogP contribution < -0.4 is 5.73 Å². The van der Waals surface area contributed by atoms with Crippen molar-refractivity contribution in [2.24, 2.45) is 5.73 Å². The first-order chi connectivity index (χ1) is 11.8. The van der Waals surface area contributed by atoms with Crippen LogP contribution in [0, 0.1) is 0 Å². The average Bonchev–Trinajstić information content (AvgIpc) is 2.61.